The zero-order chi connectivity index (χ0) is 25.8. The molecule has 1 heterocycles. The van der Waals surface area contributed by atoms with Gasteiger partial charge in [-0.15, -0.1) is 0 Å². The summed E-state index contributed by atoms with van der Waals surface area (Å²) in [6.45, 7) is 0.159. The van der Waals surface area contributed by atoms with Gasteiger partial charge >= 0.3 is 0 Å². The molecular weight excluding hydrogens is 462 g/mol. The van der Waals surface area contributed by atoms with Crippen LogP contribution in [0.15, 0.2) is 72.3 Å². The largest absolute Gasteiger partial charge is 0.507 e. The van der Waals surface area contributed by atoms with Crippen LogP contribution in [0.4, 0.5) is 0 Å². The molecule has 1 unspecified atom stereocenters. The van der Waals surface area contributed by atoms with Crippen LogP contribution in [0.2, 0.25) is 0 Å². The second-order valence-corrected chi connectivity index (χ2v) is 8.10. The molecule has 4 rings (SSSR count). The van der Waals surface area contributed by atoms with Gasteiger partial charge in [0.05, 0.1) is 40.1 Å². The quantitative estimate of drug-likeness (QED) is 0.286. The summed E-state index contributed by atoms with van der Waals surface area (Å²) in [5.74, 6) is -0.0876. The van der Waals surface area contributed by atoms with Crippen molar-refractivity contribution < 1.29 is 33.6 Å². The molecule has 0 bridgehead atoms. The van der Waals surface area contributed by atoms with Crippen molar-refractivity contribution in [3.63, 3.8) is 0 Å². The van der Waals surface area contributed by atoms with Gasteiger partial charge in [-0.2, -0.15) is 0 Å². The van der Waals surface area contributed by atoms with Crippen molar-refractivity contribution in [3.8, 4) is 23.0 Å². The maximum Gasteiger partial charge on any atom is 0.295 e. The molecule has 0 aliphatic carbocycles. The number of Topliss-reactive ketones (excluding diaryl/α,β-unsaturated/α-hetero) is 1. The second kappa shape index (κ2) is 10.4. The molecule has 3 aromatic rings. The molecule has 1 amide bonds. The minimum Gasteiger partial charge on any atom is -0.507 e. The highest BCUT2D eigenvalue weighted by Gasteiger charge is 2.46. The molecular formula is C28H27NO7. The first-order valence-electron chi connectivity index (χ1n) is 11.2. The van der Waals surface area contributed by atoms with Crippen LogP contribution in [0.3, 0.4) is 0 Å². The third-order valence-electron chi connectivity index (χ3n) is 6.10. The number of rotatable bonds is 8. The van der Waals surface area contributed by atoms with Gasteiger partial charge in [-0.1, -0.05) is 30.3 Å². The number of aliphatic hydroxyl groups is 1. The summed E-state index contributed by atoms with van der Waals surface area (Å²) < 4.78 is 21.6. The Bertz CT molecular complexity index is 1270. The van der Waals surface area contributed by atoms with Gasteiger partial charge in [-0.3, -0.25) is 9.59 Å². The van der Waals surface area contributed by atoms with Crippen molar-refractivity contribution in [1.29, 1.82) is 0 Å². The number of nitrogens with zero attached hydrogens (tertiary/aromatic N) is 1. The first-order chi connectivity index (χ1) is 17.4. The fourth-order valence-electron chi connectivity index (χ4n) is 4.33. The average molecular weight is 490 g/mol. The lowest BCUT2D eigenvalue weighted by Gasteiger charge is -2.26. The normalized spacial score (nSPS) is 16.7. The van der Waals surface area contributed by atoms with E-state index in [1.165, 1.54) is 33.3 Å². The number of likely N-dealkylation sites (tertiary alicyclic amines) is 1. The highest BCUT2D eigenvalue weighted by Crippen LogP contribution is 2.46. The molecule has 1 aliphatic rings. The molecule has 1 fully saturated rings. The van der Waals surface area contributed by atoms with Crippen LogP contribution >= 0.6 is 0 Å². The molecule has 0 saturated carbocycles. The molecule has 0 aromatic heterocycles. The first kappa shape index (κ1) is 24.7. The Morgan fingerprint density at radius 2 is 1.44 bits per heavy atom. The number of aliphatic hydroxyl groups excluding tert-OH is 1. The van der Waals surface area contributed by atoms with Gasteiger partial charge in [-0.05, 0) is 47.5 Å². The predicted octanol–water partition coefficient (Wildman–Crippen LogP) is 4.34. The number of benzene rings is 3. The van der Waals surface area contributed by atoms with Crippen LogP contribution in [0.25, 0.3) is 5.76 Å². The lowest BCUT2D eigenvalue weighted by atomic mass is 9.94. The molecule has 1 N–H and O–H groups in total. The highest BCUT2D eigenvalue weighted by molar-refractivity contribution is 6.46. The minimum absolute atomic E-state index is 0.0321. The van der Waals surface area contributed by atoms with Gasteiger partial charge in [0.25, 0.3) is 11.7 Å². The van der Waals surface area contributed by atoms with Gasteiger partial charge < -0.3 is 29.0 Å². The van der Waals surface area contributed by atoms with Crippen molar-refractivity contribution >= 4 is 17.4 Å². The second-order valence-electron chi connectivity index (χ2n) is 8.10. The number of ether oxygens (including phenoxy) is 4. The zero-order valence-electron chi connectivity index (χ0n) is 20.5. The molecule has 0 radical (unpaired) electrons. The van der Waals surface area contributed by atoms with E-state index in [0.29, 0.717) is 34.1 Å². The molecule has 36 heavy (non-hydrogen) atoms. The maximum atomic E-state index is 13.3. The molecule has 0 spiro atoms. The Kier molecular flexibility index (Phi) is 7.15. The van der Waals surface area contributed by atoms with Gasteiger partial charge in [0.2, 0.25) is 5.75 Å². The maximum absolute atomic E-state index is 13.3. The Hall–Kier alpha value is -4.46. The fraction of sp³-hybridized carbons (Fsp3) is 0.214. The number of amides is 1. The third kappa shape index (κ3) is 4.45. The fourth-order valence-corrected chi connectivity index (χ4v) is 4.33. The van der Waals surface area contributed by atoms with Crippen LogP contribution in [-0.2, 0) is 16.1 Å². The lowest BCUT2D eigenvalue weighted by Crippen LogP contribution is -2.29. The van der Waals surface area contributed by atoms with E-state index >= 15 is 0 Å². The van der Waals surface area contributed by atoms with Crippen LogP contribution in [0, 0.1) is 0 Å². The molecule has 3 aromatic carbocycles. The summed E-state index contributed by atoms with van der Waals surface area (Å²) in [5.41, 5.74) is 1.71. The zero-order valence-corrected chi connectivity index (χ0v) is 20.5. The summed E-state index contributed by atoms with van der Waals surface area (Å²) in [5, 5.41) is 11.3. The van der Waals surface area contributed by atoms with E-state index in [9.17, 15) is 14.7 Å². The molecule has 1 aliphatic heterocycles. The number of carbonyl (C=O) groups excluding carboxylic acids is 2. The SMILES string of the molecule is COc1ccc(C(O)=C2C(=O)C(=O)N(Cc3ccccc3)C2c2cc(OC)c(OC)c(OC)c2)cc1. The molecule has 8 nitrogen and oxygen atoms in total. The number of hydrogen-bond donors (Lipinski definition) is 1. The predicted molar refractivity (Wildman–Crippen MR) is 133 cm³/mol. The Balaban J connectivity index is 1.93. The van der Waals surface area contributed by atoms with E-state index in [1.54, 1.807) is 36.4 Å². The van der Waals surface area contributed by atoms with Crippen molar-refractivity contribution in [3.05, 3.63) is 89.0 Å². The van der Waals surface area contributed by atoms with Crippen molar-refractivity contribution in [2.75, 3.05) is 28.4 Å². The Morgan fingerprint density at radius 1 is 0.833 bits per heavy atom. The van der Waals surface area contributed by atoms with Crippen LogP contribution in [0.1, 0.15) is 22.7 Å². The summed E-state index contributed by atoms with van der Waals surface area (Å²) in [4.78, 5) is 28.1. The number of ketones is 1. The van der Waals surface area contributed by atoms with Crippen molar-refractivity contribution in [2.24, 2.45) is 0 Å². The van der Waals surface area contributed by atoms with Gasteiger partial charge in [0.15, 0.2) is 11.5 Å². The van der Waals surface area contributed by atoms with Gasteiger partial charge in [-0.25, -0.2) is 0 Å². The molecule has 8 heteroatoms. The van der Waals surface area contributed by atoms with E-state index in [0.717, 1.165) is 5.56 Å². The third-order valence-corrected chi connectivity index (χ3v) is 6.10. The van der Waals surface area contributed by atoms with E-state index in [4.69, 9.17) is 18.9 Å². The highest BCUT2D eigenvalue weighted by atomic mass is 16.5. The standard InChI is InChI=1S/C28H27NO7/c1-33-20-12-10-18(11-13-20)25(30)23-24(19-14-21(34-2)27(36-4)22(15-19)35-3)29(28(32)26(23)31)16-17-8-6-5-7-9-17/h5-15,24,30H,16H2,1-4H3. The molecule has 186 valence electrons. The van der Waals surface area contributed by atoms with Crippen LogP contribution in [-0.4, -0.2) is 50.1 Å². The van der Waals surface area contributed by atoms with Gasteiger partial charge in [0, 0.05) is 12.1 Å². The topological polar surface area (TPSA) is 94.5 Å². The number of carbonyl (C=O) groups is 2. The summed E-state index contributed by atoms with van der Waals surface area (Å²) in [6.07, 6.45) is 0. The van der Waals surface area contributed by atoms with Crippen molar-refractivity contribution in [1.82, 2.24) is 4.90 Å². The van der Waals surface area contributed by atoms with Gasteiger partial charge in [0.1, 0.15) is 11.5 Å². The van der Waals surface area contributed by atoms with E-state index in [1.807, 2.05) is 30.3 Å². The monoisotopic (exact) mass is 489 g/mol. The van der Waals surface area contributed by atoms with Crippen molar-refractivity contribution in [2.45, 2.75) is 12.6 Å². The molecule has 1 saturated heterocycles. The average Bonchev–Trinajstić information content (AvgIpc) is 3.17. The first-order valence-corrected chi connectivity index (χ1v) is 11.2. The summed E-state index contributed by atoms with van der Waals surface area (Å²) in [7, 11) is 6.00. The Morgan fingerprint density at radius 3 is 1.97 bits per heavy atom. The lowest BCUT2D eigenvalue weighted by molar-refractivity contribution is -0.140. The van der Waals surface area contributed by atoms with E-state index in [2.05, 4.69) is 0 Å². The molecule has 1 atom stereocenters. The number of methoxy groups -OCH3 is 4. The smallest absolute Gasteiger partial charge is 0.295 e. The minimum atomic E-state index is -0.902. The van der Waals surface area contributed by atoms with Crippen LogP contribution in [0.5, 0.6) is 23.0 Å². The number of hydrogen-bond acceptors (Lipinski definition) is 7. The Labute approximate surface area is 209 Å². The van der Waals surface area contributed by atoms with E-state index in [-0.39, 0.29) is 17.9 Å². The van der Waals surface area contributed by atoms with Crippen LogP contribution < -0.4 is 18.9 Å². The summed E-state index contributed by atoms with van der Waals surface area (Å²) >= 11 is 0. The summed E-state index contributed by atoms with van der Waals surface area (Å²) in [6, 6.07) is 18.4. The van der Waals surface area contributed by atoms with E-state index < -0.39 is 17.7 Å².